The normalized spacial score (nSPS) is 11.3. The number of carbonyl (C=O) groups excluding carboxylic acids is 1. The summed E-state index contributed by atoms with van der Waals surface area (Å²) in [7, 11) is 0. The Balaban J connectivity index is 1.97. The molecule has 0 aliphatic carbocycles. The Morgan fingerprint density at radius 3 is 2.25 bits per heavy atom. The molecule has 3 aromatic rings. The first-order valence-electron chi connectivity index (χ1n) is 9.58. The molecule has 3 rings (SSSR count). The first kappa shape index (κ1) is 19.7. The SMILES string of the molecule is CCc1c(NC(=O)OC(C)(C)C)cc(OCc2ccccc2)c2ccccc12. The van der Waals surface area contributed by atoms with E-state index in [-0.39, 0.29) is 0 Å². The van der Waals surface area contributed by atoms with Gasteiger partial charge < -0.3 is 9.47 Å². The fourth-order valence-electron chi connectivity index (χ4n) is 3.16. The molecular weight excluding hydrogens is 350 g/mol. The summed E-state index contributed by atoms with van der Waals surface area (Å²) < 4.78 is 11.6. The Bertz CT molecular complexity index is 959. The highest BCUT2D eigenvalue weighted by molar-refractivity contribution is 5.98. The van der Waals surface area contributed by atoms with E-state index in [9.17, 15) is 4.79 Å². The number of hydrogen-bond acceptors (Lipinski definition) is 3. The van der Waals surface area contributed by atoms with Gasteiger partial charge in [-0.2, -0.15) is 0 Å². The molecule has 0 aromatic heterocycles. The average molecular weight is 377 g/mol. The molecule has 28 heavy (non-hydrogen) atoms. The summed E-state index contributed by atoms with van der Waals surface area (Å²) in [6, 6.07) is 20.0. The van der Waals surface area contributed by atoms with E-state index in [4.69, 9.17) is 9.47 Å². The van der Waals surface area contributed by atoms with Crippen LogP contribution in [0.25, 0.3) is 10.8 Å². The van der Waals surface area contributed by atoms with Crippen molar-refractivity contribution in [1.29, 1.82) is 0 Å². The molecule has 0 saturated carbocycles. The predicted octanol–water partition coefficient (Wildman–Crippen LogP) is 6.33. The standard InChI is InChI=1S/C24H27NO3/c1-5-18-19-13-9-10-14-20(19)22(27-16-17-11-7-6-8-12-17)15-21(18)25-23(26)28-24(2,3)4/h6-15H,5,16H2,1-4H3,(H,25,26). The van der Waals surface area contributed by atoms with Gasteiger partial charge in [-0.1, -0.05) is 61.5 Å². The number of benzene rings is 3. The van der Waals surface area contributed by atoms with Gasteiger partial charge in [0.15, 0.2) is 0 Å². The van der Waals surface area contributed by atoms with Crippen LogP contribution in [0, 0.1) is 0 Å². The summed E-state index contributed by atoms with van der Waals surface area (Å²) in [4.78, 5) is 12.3. The van der Waals surface area contributed by atoms with Gasteiger partial charge in [0.2, 0.25) is 0 Å². The number of anilines is 1. The van der Waals surface area contributed by atoms with Gasteiger partial charge in [0, 0.05) is 11.5 Å². The number of ether oxygens (including phenoxy) is 2. The largest absolute Gasteiger partial charge is 0.488 e. The molecule has 3 aromatic carbocycles. The Morgan fingerprint density at radius 2 is 1.61 bits per heavy atom. The molecule has 0 radical (unpaired) electrons. The van der Waals surface area contributed by atoms with Crippen molar-refractivity contribution in [2.75, 3.05) is 5.32 Å². The van der Waals surface area contributed by atoms with Gasteiger partial charge >= 0.3 is 6.09 Å². The fraction of sp³-hybridized carbons (Fsp3) is 0.292. The zero-order valence-electron chi connectivity index (χ0n) is 16.9. The van der Waals surface area contributed by atoms with Crippen molar-refractivity contribution in [2.45, 2.75) is 46.3 Å². The number of carbonyl (C=O) groups is 1. The Labute approximate surface area is 166 Å². The van der Waals surface area contributed by atoms with Gasteiger partial charge in [-0.3, -0.25) is 5.32 Å². The quantitative estimate of drug-likeness (QED) is 0.565. The van der Waals surface area contributed by atoms with E-state index < -0.39 is 11.7 Å². The summed E-state index contributed by atoms with van der Waals surface area (Å²) in [5.74, 6) is 0.739. The van der Waals surface area contributed by atoms with E-state index >= 15 is 0 Å². The van der Waals surface area contributed by atoms with Crippen LogP contribution in [-0.2, 0) is 17.8 Å². The molecule has 0 aliphatic heterocycles. The molecule has 0 atom stereocenters. The van der Waals surface area contributed by atoms with E-state index in [1.165, 1.54) is 0 Å². The lowest BCUT2D eigenvalue weighted by Gasteiger charge is -2.21. The van der Waals surface area contributed by atoms with Gasteiger partial charge in [0.25, 0.3) is 0 Å². The van der Waals surface area contributed by atoms with E-state index in [0.29, 0.717) is 6.61 Å². The smallest absolute Gasteiger partial charge is 0.412 e. The fourth-order valence-corrected chi connectivity index (χ4v) is 3.16. The summed E-state index contributed by atoms with van der Waals surface area (Å²) in [6.45, 7) is 8.08. The molecule has 0 bridgehead atoms. The highest BCUT2D eigenvalue weighted by Crippen LogP contribution is 2.35. The lowest BCUT2D eigenvalue weighted by Crippen LogP contribution is -2.27. The van der Waals surface area contributed by atoms with Crippen molar-refractivity contribution < 1.29 is 14.3 Å². The summed E-state index contributed by atoms with van der Waals surface area (Å²) >= 11 is 0. The number of fused-ring (bicyclic) bond motifs is 1. The number of rotatable bonds is 5. The molecule has 0 heterocycles. The third-order valence-corrected chi connectivity index (χ3v) is 4.34. The second kappa shape index (κ2) is 8.34. The first-order chi connectivity index (χ1) is 13.4. The summed E-state index contributed by atoms with van der Waals surface area (Å²) in [5.41, 5.74) is 2.32. The van der Waals surface area contributed by atoms with Gasteiger partial charge in [0.05, 0.1) is 5.69 Å². The maximum Gasteiger partial charge on any atom is 0.412 e. The second-order valence-electron chi connectivity index (χ2n) is 7.70. The Hall–Kier alpha value is -3.01. The van der Waals surface area contributed by atoms with Gasteiger partial charge in [-0.25, -0.2) is 4.79 Å². The molecule has 0 spiro atoms. The zero-order valence-corrected chi connectivity index (χ0v) is 16.9. The molecule has 146 valence electrons. The van der Waals surface area contributed by atoms with E-state index in [0.717, 1.165) is 39.8 Å². The van der Waals surface area contributed by atoms with Crippen molar-refractivity contribution >= 4 is 22.6 Å². The lowest BCUT2D eigenvalue weighted by atomic mass is 9.99. The van der Waals surface area contributed by atoms with Crippen LogP contribution in [0.1, 0.15) is 38.8 Å². The van der Waals surface area contributed by atoms with Crippen LogP contribution in [0.5, 0.6) is 5.75 Å². The molecule has 1 amide bonds. The summed E-state index contributed by atoms with van der Waals surface area (Å²) in [5, 5.41) is 5.01. The van der Waals surface area contributed by atoms with Crippen molar-refractivity contribution in [2.24, 2.45) is 0 Å². The van der Waals surface area contributed by atoms with Crippen LogP contribution in [0.3, 0.4) is 0 Å². The number of aryl methyl sites for hydroxylation is 1. The number of amides is 1. The van der Waals surface area contributed by atoms with Gasteiger partial charge in [-0.15, -0.1) is 0 Å². The van der Waals surface area contributed by atoms with Crippen molar-refractivity contribution in [1.82, 2.24) is 0 Å². The van der Waals surface area contributed by atoms with E-state index in [2.05, 4.69) is 18.3 Å². The molecule has 4 heteroatoms. The monoisotopic (exact) mass is 377 g/mol. The van der Waals surface area contributed by atoms with Crippen LogP contribution < -0.4 is 10.1 Å². The minimum Gasteiger partial charge on any atom is -0.488 e. The van der Waals surface area contributed by atoms with E-state index in [1.54, 1.807) is 0 Å². The predicted molar refractivity (Wildman–Crippen MR) is 114 cm³/mol. The Morgan fingerprint density at radius 1 is 0.964 bits per heavy atom. The van der Waals surface area contributed by atoms with Crippen LogP contribution in [0.2, 0.25) is 0 Å². The van der Waals surface area contributed by atoms with Gasteiger partial charge in [0.1, 0.15) is 18.0 Å². The summed E-state index contributed by atoms with van der Waals surface area (Å²) in [6.07, 6.45) is 0.316. The molecule has 4 nitrogen and oxygen atoms in total. The topological polar surface area (TPSA) is 47.6 Å². The van der Waals surface area contributed by atoms with Crippen LogP contribution in [0.15, 0.2) is 60.7 Å². The average Bonchev–Trinajstić information content (AvgIpc) is 2.65. The second-order valence-corrected chi connectivity index (χ2v) is 7.70. The Kier molecular flexibility index (Phi) is 5.88. The lowest BCUT2D eigenvalue weighted by molar-refractivity contribution is 0.0636. The van der Waals surface area contributed by atoms with Gasteiger partial charge in [-0.05, 0) is 43.7 Å². The minimum atomic E-state index is -0.556. The molecule has 0 unspecified atom stereocenters. The molecule has 0 saturated heterocycles. The zero-order chi connectivity index (χ0) is 20.1. The van der Waals surface area contributed by atoms with Crippen LogP contribution in [-0.4, -0.2) is 11.7 Å². The highest BCUT2D eigenvalue weighted by Gasteiger charge is 2.19. The van der Waals surface area contributed by atoms with E-state index in [1.807, 2.05) is 75.4 Å². The first-order valence-corrected chi connectivity index (χ1v) is 9.58. The maximum absolute atomic E-state index is 12.3. The number of hydrogen-bond donors (Lipinski definition) is 1. The van der Waals surface area contributed by atoms with Crippen molar-refractivity contribution in [3.63, 3.8) is 0 Å². The molecule has 1 N–H and O–H groups in total. The molecule has 0 aliphatic rings. The minimum absolute atomic E-state index is 0.460. The highest BCUT2D eigenvalue weighted by atomic mass is 16.6. The van der Waals surface area contributed by atoms with Crippen molar-refractivity contribution in [3.8, 4) is 5.75 Å². The molecule has 0 fully saturated rings. The number of nitrogens with one attached hydrogen (secondary N) is 1. The van der Waals surface area contributed by atoms with Crippen LogP contribution >= 0.6 is 0 Å². The molecular formula is C24H27NO3. The van der Waals surface area contributed by atoms with Crippen LogP contribution in [0.4, 0.5) is 10.5 Å². The third-order valence-electron chi connectivity index (χ3n) is 4.34. The third kappa shape index (κ3) is 4.83. The maximum atomic E-state index is 12.3. The van der Waals surface area contributed by atoms with Crippen molar-refractivity contribution in [3.05, 3.63) is 71.8 Å².